The van der Waals surface area contributed by atoms with E-state index in [0.717, 1.165) is 0 Å². The molecule has 0 atom stereocenters. The fraction of sp³-hybridized carbons (Fsp3) is 0.125. The third-order valence-corrected chi connectivity index (χ3v) is 3.09. The lowest BCUT2D eigenvalue weighted by atomic mass is 10.2. The fourth-order valence-corrected chi connectivity index (χ4v) is 1.93. The van der Waals surface area contributed by atoms with Gasteiger partial charge in [0.2, 0.25) is 0 Å². The molecule has 0 fully saturated rings. The summed E-state index contributed by atoms with van der Waals surface area (Å²) in [5, 5.41) is 13.4. The number of aryl methyl sites for hydroxylation is 1. The maximum atomic E-state index is 11.9. The molecule has 0 aliphatic carbocycles. The highest BCUT2D eigenvalue weighted by atomic mass is 16.6. The van der Waals surface area contributed by atoms with E-state index < -0.39 is 10.8 Å². The number of rotatable bonds is 6. The topological polar surface area (TPSA) is 98.5 Å². The molecule has 2 aromatic rings. The first-order chi connectivity index (χ1) is 11.0. The van der Waals surface area contributed by atoms with Crippen LogP contribution in [0.1, 0.15) is 15.9 Å². The molecule has 1 N–H and O–H groups in total. The lowest BCUT2D eigenvalue weighted by molar-refractivity contribution is -0.385. The van der Waals surface area contributed by atoms with Crippen molar-refractivity contribution >= 4 is 23.6 Å². The van der Waals surface area contributed by atoms with Gasteiger partial charge < -0.3 is 10.1 Å². The summed E-state index contributed by atoms with van der Waals surface area (Å²) in [5.41, 5.74) is 1.07. The summed E-state index contributed by atoms with van der Waals surface area (Å²) in [4.78, 5) is 33.1. The summed E-state index contributed by atoms with van der Waals surface area (Å²) < 4.78 is 5.29. The van der Waals surface area contributed by atoms with Gasteiger partial charge in [0.05, 0.1) is 10.5 Å². The second-order valence-corrected chi connectivity index (χ2v) is 4.75. The Labute approximate surface area is 132 Å². The number of amides is 1. The highest BCUT2D eigenvalue weighted by Crippen LogP contribution is 2.22. The molecule has 0 aliphatic rings. The molecule has 118 valence electrons. The quantitative estimate of drug-likeness (QED) is 0.502. The minimum absolute atomic E-state index is 0.0741. The summed E-state index contributed by atoms with van der Waals surface area (Å²) in [6, 6.07) is 10.9. The molecule has 0 saturated carbocycles. The molecular weight excluding hydrogens is 300 g/mol. The zero-order valence-electron chi connectivity index (χ0n) is 12.3. The Hall–Kier alpha value is -3.22. The number of hydrogen-bond donors (Lipinski definition) is 1. The van der Waals surface area contributed by atoms with Crippen LogP contribution >= 0.6 is 0 Å². The molecule has 0 unspecified atom stereocenters. The van der Waals surface area contributed by atoms with E-state index in [4.69, 9.17) is 4.74 Å². The number of hydrogen-bond acceptors (Lipinski definition) is 5. The van der Waals surface area contributed by atoms with Crippen LogP contribution in [-0.4, -0.2) is 23.7 Å². The van der Waals surface area contributed by atoms with Crippen molar-refractivity contribution < 1.29 is 19.2 Å². The Kier molecular flexibility index (Phi) is 5.03. The summed E-state index contributed by atoms with van der Waals surface area (Å²) in [5.74, 6) is -0.184. The zero-order valence-corrected chi connectivity index (χ0v) is 12.3. The van der Waals surface area contributed by atoms with Gasteiger partial charge in [-0.2, -0.15) is 0 Å². The van der Waals surface area contributed by atoms with E-state index in [1.54, 1.807) is 43.3 Å². The van der Waals surface area contributed by atoms with Gasteiger partial charge in [-0.05, 0) is 25.1 Å². The Bertz CT molecular complexity index is 758. The average molecular weight is 314 g/mol. The van der Waals surface area contributed by atoms with E-state index in [-0.39, 0.29) is 12.3 Å². The molecule has 0 spiro atoms. The van der Waals surface area contributed by atoms with Gasteiger partial charge in [-0.15, -0.1) is 0 Å². The van der Waals surface area contributed by atoms with Gasteiger partial charge in [0.25, 0.3) is 11.6 Å². The lowest BCUT2D eigenvalue weighted by Gasteiger charge is -2.09. The van der Waals surface area contributed by atoms with Crippen LogP contribution in [-0.2, 0) is 4.79 Å². The maximum Gasteiger partial charge on any atom is 0.274 e. The van der Waals surface area contributed by atoms with E-state index in [1.165, 1.54) is 6.07 Å². The molecule has 7 nitrogen and oxygen atoms in total. The van der Waals surface area contributed by atoms with E-state index in [1.807, 2.05) is 0 Å². The maximum absolute atomic E-state index is 11.9. The Morgan fingerprint density at radius 1 is 1.30 bits per heavy atom. The Morgan fingerprint density at radius 3 is 2.74 bits per heavy atom. The highest BCUT2D eigenvalue weighted by molar-refractivity contribution is 5.92. The van der Waals surface area contributed by atoms with Crippen LogP contribution in [0.2, 0.25) is 0 Å². The number of nitro groups is 1. The van der Waals surface area contributed by atoms with Crippen LogP contribution in [0.15, 0.2) is 42.5 Å². The molecule has 0 aliphatic heterocycles. The van der Waals surface area contributed by atoms with Gasteiger partial charge in [-0.25, -0.2) is 0 Å². The van der Waals surface area contributed by atoms with Gasteiger partial charge in [0, 0.05) is 17.3 Å². The molecule has 2 aromatic carbocycles. The van der Waals surface area contributed by atoms with Gasteiger partial charge in [0.15, 0.2) is 12.9 Å². The van der Waals surface area contributed by atoms with E-state index in [2.05, 4.69) is 5.32 Å². The first kappa shape index (κ1) is 16.2. The lowest BCUT2D eigenvalue weighted by Crippen LogP contribution is -2.20. The number of nitrogens with zero attached hydrogens (tertiary/aromatic N) is 1. The summed E-state index contributed by atoms with van der Waals surface area (Å²) in [6.45, 7) is 1.30. The van der Waals surface area contributed by atoms with Gasteiger partial charge in [-0.1, -0.05) is 18.2 Å². The molecule has 23 heavy (non-hydrogen) atoms. The van der Waals surface area contributed by atoms with Crippen LogP contribution < -0.4 is 10.1 Å². The molecule has 1 amide bonds. The monoisotopic (exact) mass is 314 g/mol. The first-order valence-electron chi connectivity index (χ1n) is 6.73. The first-order valence-corrected chi connectivity index (χ1v) is 6.73. The van der Waals surface area contributed by atoms with E-state index in [9.17, 15) is 19.7 Å². The number of nitro benzene ring substituents is 1. The average Bonchev–Trinajstić information content (AvgIpc) is 2.54. The van der Waals surface area contributed by atoms with Crippen LogP contribution in [0.5, 0.6) is 5.75 Å². The molecule has 0 radical (unpaired) electrons. The van der Waals surface area contributed by atoms with Crippen molar-refractivity contribution in [2.75, 3.05) is 11.9 Å². The zero-order chi connectivity index (χ0) is 16.8. The number of benzene rings is 2. The second kappa shape index (κ2) is 7.17. The Balaban J connectivity index is 2.01. The van der Waals surface area contributed by atoms with Crippen LogP contribution in [0, 0.1) is 17.0 Å². The molecule has 0 bridgehead atoms. The highest BCUT2D eigenvalue weighted by Gasteiger charge is 2.13. The largest absolute Gasteiger partial charge is 0.483 e. The molecule has 2 rings (SSSR count). The smallest absolute Gasteiger partial charge is 0.274 e. The van der Waals surface area contributed by atoms with Crippen molar-refractivity contribution in [3.8, 4) is 5.75 Å². The van der Waals surface area contributed by atoms with Crippen LogP contribution in [0.3, 0.4) is 0 Å². The number of nitrogens with one attached hydrogen (secondary N) is 1. The van der Waals surface area contributed by atoms with Crippen molar-refractivity contribution in [1.29, 1.82) is 0 Å². The fourth-order valence-electron chi connectivity index (χ4n) is 1.93. The van der Waals surface area contributed by atoms with Crippen molar-refractivity contribution in [2.24, 2.45) is 0 Å². The molecule has 7 heteroatoms. The van der Waals surface area contributed by atoms with Gasteiger partial charge in [0.1, 0.15) is 5.75 Å². The third-order valence-electron chi connectivity index (χ3n) is 3.09. The van der Waals surface area contributed by atoms with Crippen molar-refractivity contribution in [3.63, 3.8) is 0 Å². The molecule has 0 heterocycles. The number of anilines is 1. The number of aldehydes is 1. The number of para-hydroxylation sites is 1. The van der Waals surface area contributed by atoms with Crippen molar-refractivity contribution in [2.45, 2.75) is 6.92 Å². The normalized spacial score (nSPS) is 9.96. The summed E-state index contributed by atoms with van der Waals surface area (Å²) in [6.07, 6.45) is 0.635. The Morgan fingerprint density at radius 2 is 2.04 bits per heavy atom. The van der Waals surface area contributed by atoms with Crippen molar-refractivity contribution in [3.05, 3.63) is 63.7 Å². The predicted octanol–water partition coefficient (Wildman–Crippen LogP) is 2.73. The van der Waals surface area contributed by atoms with Gasteiger partial charge >= 0.3 is 0 Å². The SMILES string of the molecule is Cc1ccc(NC(=O)COc2ccccc2C=O)cc1[N+](=O)[O-]. The minimum atomic E-state index is -0.512. The van der Waals surface area contributed by atoms with Crippen LogP contribution in [0.25, 0.3) is 0 Å². The standard InChI is InChI=1S/C16H14N2O5/c1-11-6-7-13(8-14(11)18(21)22)17-16(20)10-23-15-5-3-2-4-12(15)9-19/h2-9H,10H2,1H3,(H,17,20). The number of carbonyl (C=O) groups is 2. The summed E-state index contributed by atoms with van der Waals surface area (Å²) >= 11 is 0. The minimum Gasteiger partial charge on any atom is -0.483 e. The molecule has 0 saturated heterocycles. The third kappa shape index (κ3) is 4.13. The predicted molar refractivity (Wildman–Crippen MR) is 83.8 cm³/mol. The second-order valence-electron chi connectivity index (χ2n) is 4.75. The van der Waals surface area contributed by atoms with E-state index >= 15 is 0 Å². The van der Waals surface area contributed by atoms with Gasteiger partial charge in [-0.3, -0.25) is 19.7 Å². The number of carbonyl (C=O) groups excluding carboxylic acids is 2. The van der Waals surface area contributed by atoms with Crippen LogP contribution in [0.4, 0.5) is 11.4 Å². The summed E-state index contributed by atoms with van der Waals surface area (Å²) in [7, 11) is 0. The molecular formula is C16H14N2O5. The van der Waals surface area contributed by atoms with E-state index in [0.29, 0.717) is 28.8 Å². The molecule has 0 aromatic heterocycles. The van der Waals surface area contributed by atoms with Crippen molar-refractivity contribution in [1.82, 2.24) is 0 Å². The number of ether oxygens (including phenoxy) is 1.